The molecule has 35 heavy (non-hydrogen) atoms. The van der Waals surface area contributed by atoms with Gasteiger partial charge in [0.2, 0.25) is 0 Å². The predicted octanol–water partition coefficient (Wildman–Crippen LogP) is 8.04. The molecule has 2 aliphatic rings. The van der Waals surface area contributed by atoms with Crippen LogP contribution in [0.3, 0.4) is 0 Å². The third-order valence-electron chi connectivity index (χ3n) is 6.30. The largest absolute Gasteiger partial charge is 0.490 e. The van der Waals surface area contributed by atoms with E-state index in [9.17, 15) is 0 Å². The number of nitrogens with zero attached hydrogens (tertiary/aromatic N) is 2. The lowest BCUT2D eigenvalue weighted by Gasteiger charge is -2.32. The number of para-hydroxylation sites is 1. The Balaban J connectivity index is 1.79. The summed E-state index contributed by atoms with van der Waals surface area (Å²) in [5.74, 6) is 2.58. The van der Waals surface area contributed by atoms with Crippen LogP contribution in [0.15, 0.2) is 66.5 Å². The van der Waals surface area contributed by atoms with Crippen molar-refractivity contribution < 1.29 is 9.47 Å². The fraction of sp³-hybridized carbons (Fsp3) is 0.419. The molecular weight excluding hydrogens is 432 g/mol. The molecule has 0 radical (unpaired) electrons. The zero-order valence-corrected chi connectivity index (χ0v) is 22.5. The minimum atomic E-state index is 0.0689. The summed E-state index contributed by atoms with van der Waals surface area (Å²) in [5.41, 5.74) is 7.38. The molecule has 2 aromatic carbocycles. The molecular formula is C31H40N2O2. The molecule has 0 unspecified atom stereocenters. The van der Waals surface area contributed by atoms with Crippen molar-refractivity contribution in [2.75, 3.05) is 11.6 Å². The van der Waals surface area contributed by atoms with Crippen LogP contribution in [-0.4, -0.2) is 23.8 Å². The molecule has 0 saturated heterocycles. The summed E-state index contributed by atoms with van der Waals surface area (Å²) in [6.07, 6.45) is 8.91. The van der Waals surface area contributed by atoms with Crippen molar-refractivity contribution in [3.05, 3.63) is 83.2 Å². The van der Waals surface area contributed by atoms with Crippen LogP contribution in [0.1, 0.15) is 83.9 Å². The number of rotatable bonds is 8. The summed E-state index contributed by atoms with van der Waals surface area (Å²) >= 11 is 0. The van der Waals surface area contributed by atoms with Crippen LogP contribution in [-0.2, 0) is 0 Å². The first-order chi connectivity index (χ1) is 16.7. The van der Waals surface area contributed by atoms with Gasteiger partial charge in [-0.3, -0.25) is 0 Å². The third kappa shape index (κ3) is 5.12. The highest BCUT2D eigenvalue weighted by atomic mass is 16.5. The monoisotopic (exact) mass is 472 g/mol. The van der Waals surface area contributed by atoms with E-state index in [1.54, 1.807) is 0 Å². The minimum Gasteiger partial charge on any atom is -0.490 e. The van der Waals surface area contributed by atoms with E-state index >= 15 is 0 Å². The van der Waals surface area contributed by atoms with E-state index in [-0.39, 0.29) is 12.2 Å². The molecule has 4 nitrogen and oxygen atoms in total. The van der Waals surface area contributed by atoms with E-state index < -0.39 is 0 Å². The van der Waals surface area contributed by atoms with Gasteiger partial charge < -0.3 is 19.3 Å². The van der Waals surface area contributed by atoms with Gasteiger partial charge in [0.1, 0.15) is 11.5 Å². The highest BCUT2D eigenvalue weighted by Gasteiger charge is 2.31. The molecule has 2 aromatic rings. The second-order valence-corrected chi connectivity index (χ2v) is 10.6. The summed E-state index contributed by atoms with van der Waals surface area (Å²) < 4.78 is 12.6. The number of fused-ring (bicyclic) bond motifs is 1. The molecule has 0 aliphatic carbocycles. The molecule has 0 N–H and O–H groups in total. The van der Waals surface area contributed by atoms with Crippen LogP contribution < -0.4 is 14.4 Å². The first-order valence-corrected chi connectivity index (χ1v) is 12.9. The molecule has 4 rings (SSSR count). The van der Waals surface area contributed by atoms with Crippen LogP contribution in [0.2, 0.25) is 0 Å². The summed E-state index contributed by atoms with van der Waals surface area (Å²) in [7, 11) is 0. The predicted molar refractivity (Wildman–Crippen MR) is 147 cm³/mol. The Morgan fingerprint density at radius 3 is 1.80 bits per heavy atom. The zero-order chi connectivity index (χ0) is 25.3. The van der Waals surface area contributed by atoms with E-state index in [2.05, 4.69) is 108 Å². The van der Waals surface area contributed by atoms with Gasteiger partial charge in [-0.1, -0.05) is 58.0 Å². The zero-order valence-electron chi connectivity index (χ0n) is 22.5. The van der Waals surface area contributed by atoms with Crippen LogP contribution in [0.25, 0.3) is 5.70 Å². The van der Waals surface area contributed by atoms with E-state index in [1.165, 1.54) is 22.5 Å². The van der Waals surface area contributed by atoms with Gasteiger partial charge >= 0.3 is 0 Å². The number of anilines is 1. The molecule has 0 spiro atoms. The quantitative estimate of drug-likeness (QED) is 0.388. The number of allylic oxidation sites excluding steroid dienone is 3. The summed E-state index contributed by atoms with van der Waals surface area (Å²) in [6, 6.07) is 12.8. The number of ether oxygens (including phenoxy) is 2. The first-order valence-electron chi connectivity index (χ1n) is 12.9. The van der Waals surface area contributed by atoms with Crippen LogP contribution >= 0.6 is 0 Å². The van der Waals surface area contributed by atoms with Gasteiger partial charge in [0, 0.05) is 11.9 Å². The number of hydrogen-bond acceptors (Lipinski definition) is 4. The fourth-order valence-electron chi connectivity index (χ4n) is 4.84. The van der Waals surface area contributed by atoms with E-state index in [0.29, 0.717) is 11.8 Å². The lowest BCUT2D eigenvalue weighted by molar-refractivity contribution is 0.227. The van der Waals surface area contributed by atoms with Gasteiger partial charge in [-0.15, -0.1) is 0 Å². The highest BCUT2D eigenvalue weighted by Crippen LogP contribution is 2.44. The van der Waals surface area contributed by atoms with Gasteiger partial charge in [-0.2, -0.15) is 0 Å². The van der Waals surface area contributed by atoms with Gasteiger partial charge in [-0.05, 0) is 74.9 Å². The van der Waals surface area contributed by atoms with Gasteiger partial charge in [-0.25, -0.2) is 0 Å². The van der Waals surface area contributed by atoms with Crippen LogP contribution in [0.5, 0.6) is 11.5 Å². The average molecular weight is 473 g/mol. The van der Waals surface area contributed by atoms with Crippen LogP contribution in [0, 0.1) is 0 Å². The third-order valence-corrected chi connectivity index (χ3v) is 6.30. The van der Waals surface area contributed by atoms with E-state index in [0.717, 1.165) is 29.4 Å². The Kier molecular flexibility index (Phi) is 7.30. The maximum Gasteiger partial charge on any atom is 0.132 e. The Bertz CT molecular complexity index is 1100. The lowest BCUT2D eigenvalue weighted by atomic mass is 9.92. The molecule has 186 valence electrons. The Hall–Kier alpha value is -3.14. The van der Waals surface area contributed by atoms with Gasteiger partial charge in [0.15, 0.2) is 0 Å². The molecule has 2 aliphatic heterocycles. The summed E-state index contributed by atoms with van der Waals surface area (Å²) in [4.78, 5) is 4.79. The Morgan fingerprint density at radius 1 is 0.743 bits per heavy atom. The molecule has 0 amide bonds. The summed E-state index contributed by atoms with van der Waals surface area (Å²) in [6.45, 7) is 18.1. The average Bonchev–Trinajstić information content (AvgIpc) is 3.22. The highest BCUT2D eigenvalue weighted by molar-refractivity contribution is 5.79. The molecule has 0 aromatic heterocycles. The van der Waals surface area contributed by atoms with Crippen molar-refractivity contribution in [2.45, 2.75) is 79.4 Å². The van der Waals surface area contributed by atoms with Crippen LogP contribution in [0.4, 0.5) is 5.69 Å². The molecule has 0 atom stereocenters. The van der Waals surface area contributed by atoms with E-state index in [4.69, 9.17) is 9.47 Å². The smallest absolute Gasteiger partial charge is 0.132 e. The second-order valence-electron chi connectivity index (χ2n) is 10.6. The fourth-order valence-corrected chi connectivity index (χ4v) is 4.84. The second kappa shape index (κ2) is 10.2. The topological polar surface area (TPSA) is 24.9 Å². The SMILES string of the molecule is CC(C)Oc1cccc(OC(C)C)c1C1=CC=CC2=CN(c3c(C(C)C)cccc3C(C)C)CN21. The first kappa shape index (κ1) is 25.0. The van der Waals surface area contributed by atoms with Crippen molar-refractivity contribution in [1.82, 2.24) is 4.90 Å². The molecule has 2 heterocycles. The molecule has 4 heteroatoms. The molecule has 0 saturated carbocycles. The summed E-state index contributed by atoms with van der Waals surface area (Å²) in [5, 5.41) is 0. The Morgan fingerprint density at radius 2 is 1.29 bits per heavy atom. The van der Waals surface area contributed by atoms with Crippen molar-refractivity contribution >= 4 is 11.4 Å². The van der Waals surface area contributed by atoms with Gasteiger partial charge in [0.25, 0.3) is 0 Å². The van der Waals surface area contributed by atoms with Crippen molar-refractivity contribution in [3.8, 4) is 11.5 Å². The molecule has 0 bridgehead atoms. The number of hydrogen-bond donors (Lipinski definition) is 0. The Labute approximate surface area is 211 Å². The van der Waals surface area contributed by atoms with Crippen molar-refractivity contribution in [1.29, 1.82) is 0 Å². The van der Waals surface area contributed by atoms with Crippen molar-refractivity contribution in [3.63, 3.8) is 0 Å². The standard InChI is InChI=1S/C31H40N2O2/c1-20(2)25-13-10-14-26(21(3)4)31(25)32-18-24-12-9-15-27(33(24)19-32)30-28(34-22(5)6)16-11-17-29(30)35-23(7)8/h9-18,20-23H,19H2,1-8H3. The number of benzene rings is 2. The lowest BCUT2D eigenvalue weighted by Crippen LogP contribution is -2.28. The van der Waals surface area contributed by atoms with E-state index in [1.807, 2.05) is 18.2 Å². The van der Waals surface area contributed by atoms with Gasteiger partial charge in [0.05, 0.1) is 35.8 Å². The minimum absolute atomic E-state index is 0.0689. The maximum absolute atomic E-state index is 6.28. The van der Waals surface area contributed by atoms with Crippen molar-refractivity contribution in [2.24, 2.45) is 0 Å². The molecule has 0 fully saturated rings. The maximum atomic E-state index is 6.28. The normalized spacial score (nSPS) is 15.3.